The smallest absolute Gasteiger partial charge is 0.0829 e. The Morgan fingerprint density at radius 1 is 1.25 bits per heavy atom. The van der Waals surface area contributed by atoms with Crippen LogP contribution in [0, 0.1) is 0 Å². The minimum atomic E-state index is 0.401. The fourth-order valence-corrected chi connectivity index (χ4v) is 3.71. The van der Waals surface area contributed by atoms with Gasteiger partial charge in [-0.05, 0) is 39.4 Å². The molecule has 2 aliphatic heterocycles. The summed E-state index contributed by atoms with van der Waals surface area (Å²) < 4.78 is 6.00. The predicted octanol–water partition coefficient (Wildman–Crippen LogP) is 1.56. The molecule has 118 valence electrons. The van der Waals surface area contributed by atoms with E-state index in [1.807, 2.05) is 0 Å². The third kappa shape index (κ3) is 4.42. The van der Waals surface area contributed by atoms with Gasteiger partial charge in [-0.1, -0.05) is 20.3 Å². The standard InChI is InChI=1S/C16H33N3O/c1-4-17-14(3)16-8-6-7-9-19(16)13-15-12-18(5-2)10-11-20-15/h14-17H,4-13H2,1-3H3. The van der Waals surface area contributed by atoms with E-state index in [2.05, 4.69) is 35.9 Å². The molecule has 0 bridgehead atoms. The molecule has 2 heterocycles. The van der Waals surface area contributed by atoms with Crippen molar-refractivity contribution in [3.05, 3.63) is 0 Å². The molecule has 3 unspecified atom stereocenters. The molecule has 1 N–H and O–H groups in total. The van der Waals surface area contributed by atoms with Crippen LogP contribution in [0.15, 0.2) is 0 Å². The van der Waals surface area contributed by atoms with E-state index in [9.17, 15) is 0 Å². The average Bonchev–Trinajstić information content (AvgIpc) is 2.48. The lowest BCUT2D eigenvalue weighted by molar-refractivity contribution is -0.0529. The Labute approximate surface area is 124 Å². The van der Waals surface area contributed by atoms with Gasteiger partial charge in [0.05, 0.1) is 12.7 Å². The number of likely N-dealkylation sites (tertiary alicyclic amines) is 1. The summed E-state index contributed by atoms with van der Waals surface area (Å²) in [5.41, 5.74) is 0. The van der Waals surface area contributed by atoms with Gasteiger partial charge in [-0.3, -0.25) is 9.80 Å². The highest BCUT2D eigenvalue weighted by Crippen LogP contribution is 2.21. The largest absolute Gasteiger partial charge is 0.374 e. The Kier molecular flexibility index (Phi) is 6.75. The van der Waals surface area contributed by atoms with Gasteiger partial charge in [0.25, 0.3) is 0 Å². The van der Waals surface area contributed by atoms with E-state index in [1.165, 1.54) is 25.8 Å². The molecule has 4 heteroatoms. The van der Waals surface area contributed by atoms with Crippen molar-refractivity contribution in [2.24, 2.45) is 0 Å². The zero-order valence-electron chi connectivity index (χ0n) is 13.6. The quantitative estimate of drug-likeness (QED) is 0.801. The molecule has 0 aromatic heterocycles. The van der Waals surface area contributed by atoms with Crippen LogP contribution >= 0.6 is 0 Å². The number of hydrogen-bond acceptors (Lipinski definition) is 4. The van der Waals surface area contributed by atoms with Crippen LogP contribution in [-0.2, 0) is 4.74 Å². The maximum Gasteiger partial charge on any atom is 0.0829 e. The highest BCUT2D eigenvalue weighted by Gasteiger charge is 2.30. The second-order valence-electron chi connectivity index (χ2n) is 6.29. The van der Waals surface area contributed by atoms with Crippen LogP contribution in [0.2, 0.25) is 0 Å². The second kappa shape index (κ2) is 8.32. The summed E-state index contributed by atoms with van der Waals surface area (Å²) in [6.07, 6.45) is 4.46. The first kappa shape index (κ1) is 16.2. The van der Waals surface area contributed by atoms with Crippen molar-refractivity contribution in [1.29, 1.82) is 0 Å². The van der Waals surface area contributed by atoms with Gasteiger partial charge in [-0.25, -0.2) is 0 Å². The minimum absolute atomic E-state index is 0.401. The van der Waals surface area contributed by atoms with Gasteiger partial charge in [-0.15, -0.1) is 0 Å². The molecule has 0 aromatic rings. The second-order valence-corrected chi connectivity index (χ2v) is 6.29. The zero-order chi connectivity index (χ0) is 14.4. The lowest BCUT2D eigenvalue weighted by atomic mass is 9.96. The first-order valence-electron chi connectivity index (χ1n) is 8.56. The van der Waals surface area contributed by atoms with E-state index in [0.29, 0.717) is 18.2 Å². The first-order chi connectivity index (χ1) is 9.74. The maximum atomic E-state index is 6.00. The van der Waals surface area contributed by atoms with Crippen molar-refractivity contribution in [2.45, 2.75) is 58.2 Å². The van der Waals surface area contributed by atoms with Crippen LogP contribution in [-0.4, -0.2) is 73.9 Å². The highest BCUT2D eigenvalue weighted by atomic mass is 16.5. The van der Waals surface area contributed by atoms with E-state index >= 15 is 0 Å². The first-order valence-corrected chi connectivity index (χ1v) is 8.56. The average molecular weight is 283 g/mol. The van der Waals surface area contributed by atoms with E-state index in [1.54, 1.807) is 0 Å². The third-order valence-corrected chi connectivity index (χ3v) is 4.88. The summed E-state index contributed by atoms with van der Waals surface area (Å²) in [6.45, 7) is 14.5. The molecule has 0 saturated carbocycles. The van der Waals surface area contributed by atoms with Gasteiger partial charge in [0.15, 0.2) is 0 Å². The van der Waals surface area contributed by atoms with Gasteiger partial charge in [0.1, 0.15) is 0 Å². The van der Waals surface area contributed by atoms with Gasteiger partial charge in [-0.2, -0.15) is 0 Å². The number of piperidine rings is 1. The van der Waals surface area contributed by atoms with Crippen molar-refractivity contribution in [3.63, 3.8) is 0 Å². The minimum Gasteiger partial charge on any atom is -0.374 e. The van der Waals surface area contributed by atoms with Crippen LogP contribution < -0.4 is 5.32 Å². The van der Waals surface area contributed by atoms with Crippen molar-refractivity contribution in [2.75, 3.05) is 45.9 Å². The molecule has 2 rings (SSSR count). The number of nitrogens with one attached hydrogen (secondary N) is 1. The Bertz CT molecular complexity index is 274. The van der Waals surface area contributed by atoms with Crippen molar-refractivity contribution in [3.8, 4) is 0 Å². The molecule has 0 radical (unpaired) electrons. The van der Waals surface area contributed by atoms with Crippen molar-refractivity contribution >= 4 is 0 Å². The number of morpholine rings is 1. The Balaban J connectivity index is 1.87. The Hall–Kier alpha value is -0.160. The van der Waals surface area contributed by atoms with Crippen molar-refractivity contribution < 1.29 is 4.74 Å². The van der Waals surface area contributed by atoms with Crippen LogP contribution in [0.5, 0.6) is 0 Å². The lowest BCUT2D eigenvalue weighted by Crippen LogP contribution is -2.55. The summed E-state index contributed by atoms with van der Waals surface area (Å²) in [5.74, 6) is 0. The highest BCUT2D eigenvalue weighted by molar-refractivity contribution is 4.87. The van der Waals surface area contributed by atoms with Gasteiger partial charge in [0.2, 0.25) is 0 Å². The normalized spacial score (nSPS) is 31.4. The fraction of sp³-hybridized carbons (Fsp3) is 1.00. The summed E-state index contributed by atoms with van der Waals surface area (Å²) >= 11 is 0. The van der Waals surface area contributed by atoms with Crippen LogP contribution in [0.3, 0.4) is 0 Å². The van der Waals surface area contributed by atoms with Crippen LogP contribution in [0.25, 0.3) is 0 Å². The summed E-state index contributed by atoms with van der Waals surface area (Å²) in [6, 6.07) is 1.27. The molecule has 2 fully saturated rings. The molecule has 20 heavy (non-hydrogen) atoms. The molecule has 2 saturated heterocycles. The van der Waals surface area contributed by atoms with E-state index in [4.69, 9.17) is 4.74 Å². The fourth-order valence-electron chi connectivity index (χ4n) is 3.71. The number of rotatable bonds is 6. The van der Waals surface area contributed by atoms with Gasteiger partial charge < -0.3 is 10.1 Å². The molecule has 0 aromatic carbocycles. The number of nitrogens with zero attached hydrogens (tertiary/aromatic N) is 2. The van der Waals surface area contributed by atoms with Gasteiger partial charge in [0, 0.05) is 31.7 Å². The maximum absolute atomic E-state index is 6.00. The molecular weight excluding hydrogens is 250 g/mol. The van der Waals surface area contributed by atoms with E-state index < -0.39 is 0 Å². The summed E-state index contributed by atoms with van der Waals surface area (Å²) in [4.78, 5) is 5.20. The molecule has 3 atom stereocenters. The topological polar surface area (TPSA) is 27.7 Å². The van der Waals surface area contributed by atoms with E-state index in [0.717, 1.165) is 39.3 Å². The van der Waals surface area contributed by atoms with Crippen molar-refractivity contribution in [1.82, 2.24) is 15.1 Å². The van der Waals surface area contributed by atoms with Crippen LogP contribution in [0.1, 0.15) is 40.0 Å². The number of likely N-dealkylation sites (N-methyl/N-ethyl adjacent to an activating group) is 2. The van der Waals surface area contributed by atoms with E-state index in [-0.39, 0.29) is 0 Å². The molecular formula is C16H33N3O. The monoisotopic (exact) mass is 283 g/mol. The molecule has 0 spiro atoms. The Morgan fingerprint density at radius 2 is 2.10 bits per heavy atom. The SMILES string of the molecule is CCNC(C)C1CCCCN1CC1CN(CC)CCO1. The molecule has 4 nitrogen and oxygen atoms in total. The molecule has 0 amide bonds. The zero-order valence-corrected chi connectivity index (χ0v) is 13.6. The molecule has 0 aliphatic carbocycles. The third-order valence-electron chi connectivity index (χ3n) is 4.88. The van der Waals surface area contributed by atoms with Gasteiger partial charge >= 0.3 is 0 Å². The molecule has 2 aliphatic rings. The summed E-state index contributed by atoms with van der Waals surface area (Å²) in [5, 5.41) is 3.61. The predicted molar refractivity (Wildman–Crippen MR) is 84.2 cm³/mol. The Morgan fingerprint density at radius 3 is 2.85 bits per heavy atom. The lowest BCUT2D eigenvalue weighted by Gasteiger charge is -2.42. The summed E-state index contributed by atoms with van der Waals surface area (Å²) in [7, 11) is 0. The number of ether oxygens (including phenoxy) is 1. The van der Waals surface area contributed by atoms with Crippen LogP contribution in [0.4, 0.5) is 0 Å². The number of hydrogen-bond donors (Lipinski definition) is 1.